The zero-order valence-electron chi connectivity index (χ0n) is 8.33. The van der Waals surface area contributed by atoms with Crippen LogP contribution in [0.2, 0.25) is 19.6 Å². The summed E-state index contributed by atoms with van der Waals surface area (Å²) in [6.45, 7) is 5.31. The van der Waals surface area contributed by atoms with Crippen LogP contribution in [-0.4, -0.2) is 25.3 Å². The van der Waals surface area contributed by atoms with Crippen LogP contribution in [0.25, 0.3) is 0 Å². The van der Waals surface area contributed by atoms with E-state index in [0.29, 0.717) is 6.92 Å². The highest BCUT2D eigenvalue weighted by Gasteiger charge is 2.58. The summed E-state index contributed by atoms with van der Waals surface area (Å²) in [5.74, 6) is 0. The van der Waals surface area contributed by atoms with E-state index in [-0.39, 0.29) is 0 Å². The van der Waals surface area contributed by atoms with Gasteiger partial charge in [-0.15, -0.1) is 0 Å². The topological polar surface area (TPSA) is 26.3 Å². The molecule has 0 N–H and O–H groups in total. The molecule has 2 nitrogen and oxygen atoms in total. The lowest BCUT2D eigenvalue weighted by atomic mass is 10.1. The Kier molecular flexibility index (Phi) is 3.80. The fourth-order valence-corrected chi connectivity index (χ4v) is 2.47. The molecule has 0 radical (unpaired) electrons. The molecule has 1 atom stereocenters. The van der Waals surface area contributed by atoms with Gasteiger partial charge in [-0.05, 0) is 38.2 Å². The summed E-state index contributed by atoms with van der Waals surface area (Å²) in [6, 6.07) is 0. The minimum atomic E-state index is -4.79. The van der Waals surface area contributed by atoms with Crippen molar-refractivity contribution in [2.24, 2.45) is 0 Å². The first kappa shape index (κ1) is 13.9. The SMILES string of the molecule is CC(O[Si](C)(C)C)(C(=O)Cl)C(F)(F)F. The first-order chi connectivity index (χ1) is 5.90. The highest BCUT2D eigenvalue weighted by Crippen LogP contribution is 2.37. The monoisotopic (exact) mass is 248 g/mol. The highest BCUT2D eigenvalue weighted by atomic mass is 35.5. The summed E-state index contributed by atoms with van der Waals surface area (Å²) in [6.07, 6.45) is -4.79. The molecule has 0 saturated heterocycles. The molecule has 84 valence electrons. The first-order valence-electron chi connectivity index (χ1n) is 3.87. The highest BCUT2D eigenvalue weighted by molar-refractivity contribution is 6.71. The summed E-state index contributed by atoms with van der Waals surface area (Å²) in [7, 11) is -2.49. The molecule has 0 aromatic heterocycles. The normalized spacial score (nSPS) is 17.7. The van der Waals surface area contributed by atoms with Gasteiger partial charge >= 0.3 is 6.18 Å². The van der Waals surface area contributed by atoms with E-state index in [1.54, 1.807) is 19.6 Å². The molecule has 0 aliphatic rings. The number of hydrogen-bond donors (Lipinski definition) is 0. The summed E-state index contributed by atoms with van der Waals surface area (Å²) >= 11 is 4.91. The minimum Gasteiger partial charge on any atom is -0.397 e. The van der Waals surface area contributed by atoms with Crippen LogP contribution in [0.5, 0.6) is 0 Å². The Morgan fingerprint density at radius 2 is 1.64 bits per heavy atom. The van der Waals surface area contributed by atoms with Crippen LogP contribution in [0.15, 0.2) is 0 Å². The molecule has 0 fully saturated rings. The number of carbonyl (C=O) groups is 1. The molecule has 0 amide bonds. The van der Waals surface area contributed by atoms with Crippen molar-refractivity contribution in [3.8, 4) is 0 Å². The van der Waals surface area contributed by atoms with Crippen molar-refractivity contribution < 1.29 is 22.4 Å². The maximum atomic E-state index is 12.5. The van der Waals surface area contributed by atoms with Crippen LogP contribution in [0.3, 0.4) is 0 Å². The standard InChI is InChI=1S/C7H12ClF3O2Si/c1-6(5(8)12,7(9,10)11)13-14(2,3)4/h1-4H3. The molecule has 14 heavy (non-hydrogen) atoms. The van der Waals surface area contributed by atoms with Gasteiger partial charge in [0.25, 0.3) is 5.24 Å². The molecule has 7 heteroatoms. The van der Waals surface area contributed by atoms with Gasteiger partial charge in [0.2, 0.25) is 5.60 Å². The molecule has 0 aliphatic heterocycles. The van der Waals surface area contributed by atoms with Crippen molar-refractivity contribution in [3.63, 3.8) is 0 Å². The van der Waals surface area contributed by atoms with E-state index < -0.39 is 25.3 Å². The number of halogens is 4. The Labute approximate surface area is 86.5 Å². The molecule has 0 bridgehead atoms. The summed E-state index contributed by atoms with van der Waals surface area (Å²) < 4.78 is 42.2. The molecule has 1 unspecified atom stereocenters. The van der Waals surface area contributed by atoms with Gasteiger partial charge < -0.3 is 4.43 Å². The molecular weight excluding hydrogens is 237 g/mol. The lowest BCUT2D eigenvalue weighted by Gasteiger charge is -2.34. The second kappa shape index (κ2) is 3.82. The fraction of sp³-hybridized carbons (Fsp3) is 0.857. The largest absolute Gasteiger partial charge is 0.424 e. The van der Waals surface area contributed by atoms with Crippen molar-refractivity contribution >= 4 is 25.2 Å². The van der Waals surface area contributed by atoms with Crippen LogP contribution < -0.4 is 0 Å². The Morgan fingerprint density at radius 1 is 1.29 bits per heavy atom. The summed E-state index contributed by atoms with van der Waals surface area (Å²) in [4.78, 5) is 10.7. The van der Waals surface area contributed by atoms with Gasteiger partial charge in [0.05, 0.1) is 0 Å². The average Bonchev–Trinajstić information content (AvgIpc) is 1.79. The number of rotatable bonds is 3. The van der Waals surface area contributed by atoms with E-state index >= 15 is 0 Å². The molecular formula is C7H12ClF3O2Si. The Balaban J connectivity index is 5.04. The lowest BCUT2D eigenvalue weighted by molar-refractivity contribution is -0.233. The molecule has 0 aromatic carbocycles. The zero-order valence-corrected chi connectivity index (χ0v) is 10.1. The van der Waals surface area contributed by atoms with Gasteiger partial charge in [0.15, 0.2) is 8.32 Å². The molecule has 0 saturated carbocycles. The number of alkyl halides is 3. The van der Waals surface area contributed by atoms with Crippen molar-refractivity contribution in [1.82, 2.24) is 0 Å². The molecule has 0 aromatic rings. The van der Waals surface area contributed by atoms with Crippen LogP contribution >= 0.6 is 11.6 Å². The van der Waals surface area contributed by atoms with Gasteiger partial charge in [-0.1, -0.05) is 0 Å². The van der Waals surface area contributed by atoms with Gasteiger partial charge in [-0.2, -0.15) is 13.2 Å². The van der Waals surface area contributed by atoms with E-state index in [9.17, 15) is 18.0 Å². The van der Waals surface area contributed by atoms with E-state index in [2.05, 4.69) is 0 Å². The average molecular weight is 249 g/mol. The van der Waals surface area contributed by atoms with Gasteiger partial charge in [-0.3, -0.25) is 4.79 Å². The first-order valence-corrected chi connectivity index (χ1v) is 7.65. The van der Waals surface area contributed by atoms with E-state index in [0.717, 1.165) is 0 Å². The van der Waals surface area contributed by atoms with Gasteiger partial charge in [-0.25, -0.2) is 0 Å². The summed E-state index contributed by atoms with van der Waals surface area (Å²) in [5, 5.41) is -1.53. The second-order valence-electron chi connectivity index (χ2n) is 4.02. The second-order valence-corrected chi connectivity index (χ2v) is 8.79. The Bertz CT molecular complexity index is 236. The maximum absolute atomic E-state index is 12.5. The smallest absolute Gasteiger partial charge is 0.397 e. The third-order valence-electron chi connectivity index (χ3n) is 1.43. The number of carbonyl (C=O) groups excluding carboxylic acids is 1. The third-order valence-corrected chi connectivity index (χ3v) is 2.81. The van der Waals surface area contributed by atoms with E-state index in [4.69, 9.17) is 16.0 Å². The fourth-order valence-electron chi connectivity index (χ4n) is 0.822. The van der Waals surface area contributed by atoms with Crippen LogP contribution in [0.4, 0.5) is 13.2 Å². The van der Waals surface area contributed by atoms with E-state index in [1.807, 2.05) is 0 Å². The molecule has 0 rings (SSSR count). The van der Waals surface area contributed by atoms with Crippen LogP contribution in [-0.2, 0) is 9.22 Å². The zero-order chi connectivity index (χ0) is 11.8. The molecule has 0 heterocycles. The van der Waals surface area contributed by atoms with Crippen molar-refractivity contribution in [1.29, 1.82) is 0 Å². The van der Waals surface area contributed by atoms with Crippen LogP contribution in [0, 0.1) is 0 Å². The van der Waals surface area contributed by atoms with Gasteiger partial charge in [0.1, 0.15) is 0 Å². The quantitative estimate of drug-likeness (QED) is 0.567. The third kappa shape index (κ3) is 3.25. The van der Waals surface area contributed by atoms with Gasteiger partial charge in [0, 0.05) is 0 Å². The Morgan fingerprint density at radius 3 is 1.71 bits per heavy atom. The Hall–Kier alpha value is -0.0731. The lowest BCUT2D eigenvalue weighted by Crippen LogP contribution is -2.54. The predicted molar refractivity (Wildman–Crippen MR) is 49.8 cm³/mol. The maximum Gasteiger partial charge on any atom is 0.424 e. The van der Waals surface area contributed by atoms with Crippen molar-refractivity contribution in [2.45, 2.75) is 38.3 Å². The number of hydrogen-bond acceptors (Lipinski definition) is 2. The van der Waals surface area contributed by atoms with E-state index in [1.165, 1.54) is 0 Å². The van der Waals surface area contributed by atoms with Crippen molar-refractivity contribution in [3.05, 3.63) is 0 Å². The predicted octanol–water partition coefficient (Wildman–Crippen LogP) is 2.92. The molecule has 0 aliphatic carbocycles. The minimum absolute atomic E-state index is 0.653. The van der Waals surface area contributed by atoms with Crippen LogP contribution in [0.1, 0.15) is 6.92 Å². The van der Waals surface area contributed by atoms with Crippen molar-refractivity contribution in [2.75, 3.05) is 0 Å². The summed E-state index contributed by atoms with van der Waals surface area (Å²) in [5.41, 5.74) is -2.89. The molecule has 0 spiro atoms.